The highest BCUT2D eigenvalue weighted by Gasteiger charge is 2.54. The second-order valence-corrected chi connectivity index (χ2v) is 10.7. The molecule has 6 nitrogen and oxygen atoms in total. The number of hydrogen-bond donors (Lipinski definition) is 1. The van der Waals surface area contributed by atoms with Crippen molar-refractivity contribution in [1.82, 2.24) is 19.9 Å². The van der Waals surface area contributed by atoms with Crippen LogP contribution in [0.1, 0.15) is 28.3 Å². The second-order valence-electron chi connectivity index (χ2n) is 7.81. The van der Waals surface area contributed by atoms with Crippen molar-refractivity contribution in [1.29, 1.82) is 0 Å². The molecule has 2 fully saturated rings. The number of benzene rings is 1. The first-order valence-corrected chi connectivity index (χ1v) is 12.2. The van der Waals surface area contributed by atoms with Crippen LogP contribution in [-0.4, -0.2) is 44.4 Å². The lowest BCUT2D eigenvalue weighted by Crippen LogP contribution is -2.42. The zero-order valence-electron chi connectivity index (χ0n) is 16.5. The quantitative estimate of drug-likeness (QED) is 0.451. The molecule has 3 heterocycles. The Morgan fingerprint density at radius 3 is 2.77 bits per heavy atom. The number of anilines is 1. The monoisotopic (exact) mass is 537 g/mol. The average Bonchev–Trinajstić information content (AvgIpc) is 3.24. The lowest BCUT2D eigenvalue weighted by molar-refractivity contribution is 0.0704. The van der Waals surface area contributed by atoms with E-state index in [2.05, 4.69) is 36.2 Å². The number of likely N-dealkylation sites (tertiary alicyclic amines) is 1. The van der Waals surface area contributed by atoms with Gasteiger partial charge in [-0.2, -0.15) is 0 Å². The van der Waals surface area contributed by atoms with Crippen LogP contribution in [0.5, 0.6) is 0 Å². The number of rotatable bonds is 5. The van der Waals surface area contributed by atoms with Gasteiger partial charge in [0.2, 0.25) is 5.95 Å². The number of nitrogens with zero attached hydrogens (tertiary/aromatic N) is 4. The van der Waals surface area contributed by atoms with Crippen LogP contribution in [0, 0.1) is 12.8 Å². The van der Waals surface area contributed by atoms with Gasteiger partial charge >= 0.3 is 0 Å². The van der Waals surface area contributed by atoms with Crippen LogP contribution in [-0.2, 0) is 0 Å². The fourth-order valence-electron chi connectivity index (χ4n) is 4.20. The number of piperidine rings is 1. The highest BCUT2D eigenvalue weighted by Crippen LogP contribution is 2.49. The van der Waals surface area contributed by atoms with Crippen LogP contribution in [0.2, 0.25) is 10.0 Å². The molecule has 10 heteroatoms. The molecule has 160 valence electrons. The van der Waals surface area contributed by atoms with Gasteiger partial charge < -0.3 is 10.2 Å². The Balaban J connectivity index is 1.40. The molecule has 1 N–H and O–H groups in total. The van der Waals surface area contributed by atoms with Crippen molar-refractivity contribution in [2.24, 2.45) is 5.92 Å². The van der Waals surface area contributed by atoms with Crippen LogP contribution < -0.4 is 5.32 Å². The number of carbonyl (C=O) groups is 1. The predicted octanol–water partition coefficient (Wildman–Crippen LogP) is 5.69. The van der Waals surface area contributed by atoms with Crippen molar-refractivity contribution >= 4 is 62.3 Å². The van der Waals surface area contributed by atoms with E-state index in [9.17, 15) is 4.79 Å². The van der Waals surface area contributed by atoms with Gasteiger partial charge in [0.15, 0.2) is 0 Å². The Bertz CT molecular complexity index is 1160. The molecule has 0 bridgehead atoms. The van der Waals surface area contributed by atoms with E-state index in [1.54, 1.807) is 24.5 Å². The fraction of sp³-hybridized carbons (Fsp3) is 0.333. The first-order chi connectivity index (χ1) is 14.9. The van der Waals surface area contributed by atoms with E-state index in [1.807, 2.05) is 17.9 Å². The highest BCUT2D eigenvalue weighted by atomic mass is 79.9. The van der Waals surface area contributed by atoms with Crippen molar-refractivity contribution in [2.45, 2.75) is 31.8 Å². The summed E-state index contributed by atoms with van der Waals surface area (Å²) in [7, 11) is 0. The number of nitrogens with one attached hydrogen (secondary N) is 1. The van der Waals surface area contributed by atoms with Gasteiger partial charge in [0.25, 0.3) is 5.91 Å². The Morgan fingerprint density at radius 2 is 2.03 bits per heavy atom. The van der Waals surface area contributed by atoms with Gasteiger partial charge in [0.1, 0.15) is 5.69 Å². The van der Waals surface area contributed by atoms with E-state index < -0.39 is 0 Å². The maximum Gasteiger partial charge on any atom is 0.274 e. The number of thiazole rings is 1. The van der Waals surface area contributed by atoms with Crippen molar-refractivity contribution in [3.8, 4) is 10.4 Å². The molecule has 1 aliphatic carbocycles. The first-order valence-electron chi connectivity index (χ1n) is 9.87. The fourth-order valence-corrected chi connectivity index (χ4v) is 5.61. The zero-order valence-corrected chi connectivity index (χ0v) is 20.4. The maximum atomic E-state index is 13.7. The molecule has 5 rings (SSSR count). The minimum Gasteiger partial charge on any atom is -0.352 e. The van der Waals surface area contributed by atoms with Crippen LogP contribution >= 0.6 is 50.5 Å². The van der Waals surface area contributed by atoms with Gasteiger partial charge in [-0.1, -0.05) is 29.3 Å². The molecule has 0 radical (unpaired) electrons. The van der Waals surface area contributed by atoms with Crippen LogP contribution in [0.3, 0.4) is 0 Å². The van der Waals surface area contributed by atoms with Crippen molar-refractivity contribution in [3.63, 3.8) is 0 Å². The minimum absolute atomic E-state index is 0.0288. The van der Waals surface area contributed by atoms with Crippen molar-refractivity contribution in [2.75, 3.05) is 11.9 Å². The van der Waals surface area contributed by atoms with Crippen LogP contribution in [0.25, 0.3) is 10.4 Å². The molecule has 1 saturated carbocycles. The zero-order chi connectivity index (χ0) is 21.7. The molecule has 1 aliphatic heterocycles. The molecule has 0 unspecified atom stereocenters. The molecular formula is C21H18BrCl2N5OS. The molecule has 1 aromatic carbocycles. The lowest BCUT2D eigenvalue weighted by Gasteiger charge is -2.27. The van der Waals surface area contributed by atoms with Gasteiger partial charge in [-0.15, -0.1) is 11.3 Å². The number of amides is 1. The van der Waals surface area contributed by atoms with Gasteiger partial charge in [0.05, 0.1) is 30.4 Å². The predicted molar refractivity (Wildman–Crippen MR) is 127 cm³/mol. The third kappa shape index (κ3) is 4.18. The maximum absolute atomic E-state index is 13.7. The summed E-state index contributed by atoms with van der Waals surface area (Å²) in [6, 6.07) is 5.79. The summed E-state index contributed by atoms with van der Waals surface area (Å²) in [5.41, 5.74) is 1.34. The number of halogens is 3. The molecule has 2 aromatic heterocycles. The highest BCUT2D eigenvalue weighted by molar-refractivity contribution is 9.10. The van der Waals surface area contributed by atoms with E-state index in [4.69, 9.17) is 23.2 Å². The molecule has 31 heavy (non-hydrogen) atoms. The van der Waals surface area contributed by atoms with Gasteiger partial charge in [-0.3, -0.25) is 4.79 Å². The molecule has 3 atom stereocenters. The molecule has 3 aromatic rings. The van der Waals surface area contributed by atoms with Crippen molar-refractivity contribution in [3.05, 3.63) is 55.8 Å². The Hall–Kier alpha value is -1.74. The smallest absolute Gasteiger partial charge is 0.274 e. The van der Waals surface area contributed by atoms with E-state index >= 15 is 0 Å². The summed E-state index contributed by atoms with van der Waals surface area (Å²) in [6.07, 6.45) is 5.44. The Kier molecular flexibility index (Phi) is 5.66. The third-order valence-corrected chi connectivity index (χ3v) is 7.85. The van der Waals surface area contributed by atoms with Crippen LogP contribution in [0.4, 0.5) is 5.95 Å². The van der Waals surface area contributed by atoms with Crippen molar-refractivity contribution < 1.29 is 4.79 Å². The van der Waals surface area contributed by atoms with E-state index in [-0.39, 0.29) is 18.0 Å². The molecular weight excluding hydrogens is 521 g/mol. The van der Waals surface area contributed by atoms with Crippen LogP contribution in [0.15, 0.2) is 35.1 Å². The van der Waals surface area contributed by atoms with E-state index in [1.165, 1.54) is 11.3 Å². The number of fused-ring (bicyclic) bond motifs is 1. The molecule has 1 amide bonds. The minimum atomic E-state index is -0.0288. The number of aryl methyl sites for hydroxylation is 1. The Labute approximate surface area is 202 Å². The normalized spacial score (nSPS) is 21.8. The summed E-state index contributed by atoms with van der Waals surface area (Å²) < 4.78 is 0.825. The third-order valence-electron chi connectivity index (χ3n) is 5.68. The van der Waals surface area contributed by atoms with Gasteiger partial charge in [-0.05, 0) is 59.3 Å². The van der Waals surface area contributed by atoms with E-state index in [0.717, 1.165) is 32.8 Å². The molecule has 0 spiro atoms. The number of aromatic nitrogens is 3. The standard InChI is InChI=1S/C21H18BrCl2N5OS/c1-10-28-18(19(31-10)11-2-3-15(23)16(24)5-11)20(30)29-14(4-12-6-17(12)29)9-27-21-25-7-13(22)8-26-21/h2-3,5,7-8,12,14,17H,4,6,9H2,1H3,(H,25,26,27)/t12-,14+,17+/m1/s1. The first kappa shape index (κ1) is 21.1. The lowest BCUT2D eigenvalue weighted by atomic mass is 10.1. The number of hydrogen-bond acceptors (Lipinski definition) is 6. The largest absolute Gasteiger partial charge is 0.352 e. The summed E-state index contributed by atoms with van der Waals surface area (Å²) in [5.74, 6) is 1.09. The van der Waals surface area contributed by atoms with Gasteiger partial charge in [-0.25, -0.2) is 15.0 Å². The summed E-state index contributed by atoms with van der Waals surface area (Å²) in [6.45, 7) is 2.52. The second kappa shape index (κ2) is 8.31. The topological polar surface area (TPSA) is 71.0 Å². The molecule has 1 saturated heterocycles. The average molecular weight is 539 g/mol. The summed E-state index contributed by atoms with van der Waals surface area (Å²) >= 11 is 17.1. The summed E-state index contributed by atoms with van der Waals surface area (Å²) in [4.78, 5) is 29.6. The Morgan fingerprint density at radius 1 is 1.26 bits per heavy atom. The molecule has 2 aliphatic rings. The SMILES string of the molecule is Cc1nc(C(=O)N2[C@H](CNc3ncc(Br)cn3)C[C@@H]3C[C@@H]32)c(-c2ccc(Cl)c(Cl)c2)s1. The van der Waals surface area contributed by atoms with Gasteiger partial charge in [0, 0.05) is 25.0 Å². The number of carbonyl (C=O) groups excluding carboxylic acids is 1. The summed E-state index contributed by atoms with van der Waals surface area (Å²) in [5, 5.41) is 5.06. The van der Waals surface area contributed by atoms with E-state index in [0.29, 0.717) is 34.2 Å².